The first-order chi connectivity index (χ1) is 9.34. The summed E-state index contributed by atoms with van der Waals surface area (Å²) in [6.07, 6.45) is 1.56. The molecule has 0 radical (unpaired) electrons. The molecule has 20 heavy (non-hydrogen) atoms. The van der Waals surface area contributed by atoms with Gasteiger partial charge in [-0.05, 0) is 37.1 Å². The molecule has 1 aromatic rings. The highest BCUT2D eigenvalue weighted by Gasteiger charge is 2.25. The molecule has 0 spiro atoms. The number of aryl methyl sites for hydroxylation is 1. The number of rotatable bonds is 7. The fourth-order valence-corrected chi connectivity index (χ4v) is 3.64. The van der Waals surface area contributed by atoms with E-state index in [1.807, 2.05) is 6.92 Å². The Bertz CT molecular complexity index is 582. The monoisotopic (exact) mass is 298 g/mol. The Labute approximate surface area is 121 Å². The number of benzene rings is 1. The largest absolute Gasteiger partial charge is 0.399 e. The SMILES string of the molecule is C=CCN(CCOC)S(=O)(=O)c1cc(N)cc(C)c1C. The molecule has 2 N–H and O–H groups in total. The van der Waals surface area contributed by atoms with Crippen LogP contribution in [0.25, 0.3) is 0 Å². The fourth-order valence-electron chi connectivity index (χ4n) is 1.91. The average Bonchev–Trinajstić information content (AvgIpc) is 2.38. The van der Waals surface area contributed by atoms with E-state index in [1.165, 1.54) is 17.5 Å². The Hall–Kier alpha value is -1.37. The topological polar surface area (TPSA) is 72.6 Å². The van der Waals surface area contributed by atoms with Gasteiger partial charge in [0, 0.05) is 25.9 Å². The number of nitrogen functional groups attached to an aromatic ring is 1. The minimum absolute atomic E-state index is 0.235. The maximum absolute atomic E-state index is 12.7. The van der Waals surface area contributed by atoms with E-state index in [2.05, 4.69) is 6.58 Å². The lowest BCUT2D eigenvalue weighted by molar-refractivity contribution is 0.182. The zero-order chi connectivity index (χ0) is 15.3. The number of hydrogen-bond acceptors (Lipinski definition) is 4. The highest BCUT2D eigenvalue weighted by atomic mass is 32.2. The summed E-state index contributed by atoms with van der Waals surface area (Å²) in [4.78, 5) is 0.243. The summed E-state index contributed by atoms with van der Waals surface area (Å²) in [7, 11) is -2.07. The Morgan fingerprint density at radius 1 is 1.40 bits per heavy atom. The average molecular weight is 298 g/mol. The van der Waals surface area contributed by atoms with Gasteiger partial charge in [0.05, 0.1) is 11.5 Å². The third-order valence-electron chi connectivity index (χ3n) is 3.14. The van der Waals surface area contributed by atoms with Gasteiger partial charge in [0.15, 0.2) is 0 Å². The smallest absolute Gasteiger partial charge is 0.243 e. The zero-order valence-corrected chi connectivity index (χ0v) is 13.0. The van der Waals surface area contributed by atoms with Gasteiger partial charge in [-0.3, -0.25) is 0 Å². The summed E-state index contributed by atoms with van der Waals surface area (Å²) in [5.74, 6) is 0. The van der Waals surface area contributed by atoms with Crippen LogP contribution in [0.3, 0.4) is 0 Å². The molecule has 0 amide bonds. The van der Waals surface area contributed by atoms with Gasteiger partial charge in [0.1, 0.15) is 0 Å². The highest BCUT2D eigenvalue weighted by molar-refractivity contribution is 7.89. The lowest BCUT2D eigenvalue weighted by Crippen LogP contribution is -2.34. The van der Waals surface area contributed by atoms with Gasteiger partial charge in [-0.2, -0.15) is 4.31 Å². The van der Waals surface area contributed by atoms with Crippen LogP contribution < -0.4 is 5.73 Å². The molecule has 0 bridgehead atoms. The quantitative estimate of drug-likeness (QED) is 0.614. The Balaban J connectivity index is 3.28. The molecular weight excluding hydrogens is 276 g/mol. The van der Waals surface area contributed by atoms with E-state index < -0.39 is 10.0 Å². The highest BCUT2D eigenvalue weighted by Crippen LogP contribution is 2.25. The first-order valence-electron chi connectivity index (χ1n) is 6.31. The Morgan fingerprint density at radius 3 is 2.60 bits per heavy atom. The van der Waals surface area contributed by atoms with Crippen molar-refractivity contribution in [2.24, 2.45) is 0 Å². The second-order valence-corrected chi connectivity index (χ2v) is 6.51. The van der Waals surface area contributed by atoms with Gasteiger partial charge >= 0.3 is 0 Å². The van der Waals surface area contributed by atoms with Crippen LogP contribution in [0.15, 0.2) is 29.7 Å². The molecule has 0 aliphatic carbocycles. The first kappa shape index (κ1) is 16.7. The third kappa shape index (κ3) is 3.59. The van der Waals surface area contributed by atoms with Crippen LogP contribution in [0.2, 0.25) is 0 Å². The van der Waals surface area contributed by atoms with Crippen LogP contribution in [0.1, 0.15) is 11.1 Å². The Kier molecular flexibility index (Phi) is 5.74. The van der Waals surface area contributed by atoms with Crippen molar-refractivity contribution in [1.29, 1.82) is 0 Å². The summed E-state index contributed by atoms with van der Waals surface area (Å²) in [6.45, 7) is 8.07. The normalized spacial score (nSPS) is 11.8. The maximum Gasteiger partial charge on any atom is 0.243 e. The summed E-state index contributed by atoms with van der Waals surface area (Å²) in [5, 5.41) is 0. The molecule has 0 atom stereocenters. The predicted octanol–water partition coefficient (Wildman–Crippen LogP) is 1.71. The molecular formula is C14H22N2O3S. The van der Waals surface area contributed by atoms with Crippen molar-refractivity contribution in [3.05, 3.63) is 35.9 Å². The van der Waals surface area contributed by atoms with Crippen molar-refractivity contribution >= 4 is 15.7 Å². The van der Waals surface area contributed by atoms with Crippen molar-refractivity contribution in [2.75, 3.05) is 32.5 Å². The molecule has 0 saturated heterocycles. The van der Waals surface area contributed by atoms with Crippen molar-refractivity contribution in [3.63, 3.8) is 0 Å². The second-order valence-electron chi connectivity index (χ2n) is 4.61. The molecule has 0 saturated carbocycles. The van der Waals surface area contributed by atoms with E-state index in [0.717, 1.165) is 5.56 Å². The van der Waals surface area contributed by atoms with Crippen LogP contribution in [0.4, 0.5) is 5.69 Å². The molecule has 0 unspecified atom stereocenters. The van der Waals surface area contributed by atoms with Gasteiger partial charge in [-0.1, -0.05) is 6.08 Å². The van der Waals surface area contributed by atoms with Gasteiger partial charge in [-0.15, -0.1) is 6.58 Å². The molecule has 0 aliphatic heterocycles. The summed E-state index contributed by atoms with van der Waals surface area (Å²) < 4.78 is 31.7. The van der Waals surface area contributed by atoms with Gasteiger partial charge in [-0.25, -0.2) is 8.42 Å². The van der Waals surface area contributed by atoms with Crippen LogP contribution in [-0.4, -0.2) is 39.5 Å². The minimum atomic E-state index is -3.61. The fraction of sp³-hybridized carbons (Fsp3) is 0.429. The number of methoxy groups -OCH3 is 1. The zero-order valence-electron chi connectivity index (χ0n) is 12.2. The van der Waals surface area contributed by atoms with Crippen LogP contribution in [-0.2, 0) is 14.8 Å². The summed E-state index contributed by atoms with van der Waals surface area (Å²) >= 11 is 0. The second kappa shape index (κ2) is 6.88. The molecule has 0 aliphatic rings. The van der Waals surface area contributed by atoms with Crippen molar-refractivity contribution in [1.82, 2.24) is 4.31 Å². The van der Waals surface area contributed by atoms with Crippen molar-refractivity contribution < 1.29 is 13.2 Å². The molecule has 0 fully saturated rings. The van der Waals surface area contributed by atoms with E-state index in [-0.39, 0.29) is 18.0 Å². The van der Waals surface area contributed by atoms with Crippen LogP contribution in [0, 0.1) is 13.8 Å². The summed E-state index contributed by atoms with van der Waals surface area (Å²) in [5.41, 5.74) is 7.78. The predicted molar refractivity (Wildman–Crippen MR) is 81.2 cm³/mol. The van der Waals surface area contributed by atoms with E-state index >= 15 is 0 Å². The number of nitrogens with two attached hydrogens (primary N) is 1. The van der Waals surface area contributed by atoms with Gasteiger partial charge < -0.3 is 10.5 Å². The minimum Gasteiger partial charge on any atom is -0.399 e. The number of nitrogens with zero attached hydrogens (tertiary/aromatic N) is 1. The van der Waals surface area contributed by atoms with E-state index in [9.17, 15) is 8.42 Å². The number of anilines is 1. The van der Waals surface area contributed by atoms with Crippen LogP contribution in [0.5, 0.6) is 0 Å². The number of hydrogen-bond donors (Lipinski definition) is 1. The molecule has 6 heteroatoms. The van der Waals surface area contributed by atoms with Gasteiger partial charge in [0.2, 0.25) is 10.0 Å². The maximum atomic E-state index is 12.7. The molecule has 5 nitrogen and oxygen atoms in total. The molecule has 112 valence electrons. The Morgan fingerprint density at radius 2 is 2.05 bits per heavy atom. The van der Waals surface area contributed by atoms with Gasteiger partial charge in [0.25, 0.3) is 0 Å². The third-order valence-corrected chi connectivity index (χ3v) is 5.13. The number of ether oxygens (including phenoxy) is 1. The lowest BCUT2D eigenvalue weighted by atomic mass is 10.1. The number of sulfonamides is 1. The molecule has 1 aromatic carbocycles. The summed E-state index contributed by atoms with van der Waals surface area (Å²) in [6, 6.07) is 3.27. The van der Waals surface area contributed by atoms with Crippen molar-refractivity contribution in [3.8, 4) is 0 Å². The molecule has 0 heterocycles. The molecule has 1 rings (SSSR count). The molecule has 0 aromatic heterocycles. The van der Waals surface area contributed by atoms with E-state index in [0.29, 0.717) is 17.9 Å². The lowest BCUT2D eigenvalue weighted by Gasteiger charge is -2.22. The standard InChI is InChI=1S/C14H22N2O3S/c1-5-6-16(7-8-19-4)20(17,18)14-10-13(15)9-11(2)12(14)3/h5,9-10H,1,6-8,15H2,2-4H3. The van der Waals surface area contributed by atoms with E-state index in [1.54, 1.807) is 19.1 Å². The first-order valence-corrected chi connectivity index (χ1v) is 7.75. The van der Waals surface area contributed by atoms with Crippen molar-refractivity contribution in [2.45, 2.75) is 18.7 Å². The van der Waals surface area contributed by atoms with E-state index in [4.69, 9.17) is 10.5 Å². The van der Waals surface area contributed by atoms with Crippen LogP contribution >= 0.6 is 0 Å².